The van der Waals surface area contributed by atoms with Crippen LogP contribution in [0.25, 0.3) is 0 Å². The minimum atomic E-state index is 2.00. The van der Waals surface area contributed by atoms with Crippen LogP contribution in [0, 0.1) is 0 Å². The van der Waals surface area contributed by atoms with E-state index in [0.29, 0.717) is 0 Å². The van der Waals surface area contributed by atoms with E-state index in [9.17, 15) is 0 Å². The van der Waals surface area contributed by atoms with Crippen molar-refractivity contribution >= 4 is 21.4 Å². The molecule has 0 aromatic rings. The molecule has 0 saturated heterocycles. The highest BCUT2D eigenvalue weighted by atomic mass is 13.3. The molecule has 1 aliphatic heterocycles. The van der Waals surface area contributed by atoms with E-state index in [-0.39, 0.29) is 0 Å². The third-order valence-electron chi connectivity index (χ3n) is 0.556. The zero-order valence-electron chi connectivity index (χ0n) is 2.89. The average Bonchev–Trinajstić information content (AvgIpc) is 1.76. The van der Waals surface area contributed by atoms with Crippen LogP contribution in [-0.4, -0.2) is 21.4 Å². The Labute approximate surface area is 34.3 Å². The molecule has 1 heterocycles. The van der Waals surface area contributed by atoms with E-state index in [4.69, 9.17) is 0 Å². The van der Waals surface area contributed by atoms with E-state index in [1.165, 1.54) is 0 Å². The molecule has 19 valence electrons. The van der Waals surface area contributed by atoms with Gasteiger partial charge in [-0.1, -0.05) is 0 Å². The summed E-state index contributed by atoms with van der Waals surface area (Å²) in [5, 5.41) is 0. The first-order valence-corrected chi connectivity index (χ1v) is 1.67. The molecular weight excluding hydrogens is 56.5 g/mol. The van der Waals surface area contributed by atoms with Gasteiger partial charge in [0.1, 0.15) is 0 Å². The standard InChI is InChI=1S/C2H2B3/c1-2-4-5-3-1/h1-2H. The molecule has 0 unspecified atom stereocenters. The maximum absolute atomic E-state index is 2.00. The molecule has 1 aliphatic rings. The van der Waals surface area contributed by atoms with Gasteiger partial charge in [0.2, 0.25) is 0 Å². The summed E-state index contributed by atoms with van der Waals surface area (Å²) < 4.78 is 0. The van der Waals surface area contributed by atoms with Gasteiger partial charge in [-0.3, -0.25) is 0 Å². The van der Waals surface area contributed by atoms with Gasteiger partial charge in [0.25, 0.3) is 0 Å². The lowest BCUT2D eigenvalue weighted by atomic mass is 9.25. The fourth-order valence-electron chi connectivity index (χ4n) is 0.321. The van der Waals surface area contributed by atoms with Gasteiger partial charge >= 0.3 is 0 Å². The van der Waals surface area contributed by atoms with Crippen LogP contribution in [-0.2, 0) is 0 Å². The van der Waals surface area contributed by atoms with Crippen LogP contribution >= 0.6 is 0 Å². The predicted molar refractivity (Wildman–Crippen MR) is 26.4 cm³/mol. The summed E-state index contributed by atoms with van der Waals surface area (Å²) >= 11 is 0. The summed E-state index contributed by atoms with van der Waals surface area (Å²) in [6.45, 7) is 0. The average molecular weight is 58.5 g/mol. The molecule has 0 amide bonds. The van der Waals surface area contributed by atoms with Crippen LogP contribution in [0.4, 0.5) is 0 Å². The van der Waals surface area contributed by atoms with Gasteiger partial charge in [-0.15, -0.1) is 12.0 Å². The van der Waals surface area contributed by atoms with E-state index < -0.39 is 0 Å². The molecule has 0 atom stereocenters. The van der Waals surface area contributed by atoms with Gasteiger partial charge in [-0.05, 0) is 0 Å². The summed E-state index contributed by atoms with van der Waals surface area (Å²) in [5.41, 5.74) is 0. The number of rotatable bonds is 0. The summed E-state index contributed by atoms with van der Waals surface area (Å²) in [5.74, 6) is 4.00. The third kappa shape index (κ3) is 0.605. The fraction of sp³-hybridized carbons (Fsp3) is 0. The van der Waals surface area contributed by atoms with Gasteiger partial charge in [-0.2, -0.15) is 0 Å². The monoisotopic (exact) mass is 59.0 g/mol. The molecule has 1 rings (SSSR count). The second-order valence-electron chi connectivity index (χ2n) is 0.962. The van der Waals surface area contributed by atoms with Gasteiger partial charge in [-0.25, -0.2) is 0 Å². The van der Waals surface area contributed by atoms with Crippen LogP contribution in [0.3, 0.4) is 0 Å². The molecule has 0 nitrogen and oxygen atoms in total. The van der Waals surface area contributed by atoms with E-state index in [1.807, 2.05) is 33.4 Å². The second-order valence-corrected chi connectivity index (χ2v) is 0.962. The first-order chi connectivity index (χ1) is 2.50. The maximum Gasteiger partial charge on any atom is 0.0853 e. The lowest BCUT2D eigenvalue weighted by Crippen LogP contribution is -1.98. The van der Waals surface area contributed by atoms with Crippen molar-refractivity contribution in [1.29, 1.82) is 0 Å². The van der Waals surface area contributed by atoms with Crippen molar-refractivity contribution in [2.75, 3.05) is 0 Å². The molecule has 0 bridgehead atoms. The van der Waals surface area contributed by atoms with E-state index >= 15 is 0 Å². The molecule has 0 aromatic carbocycles. The van der Waals surface area contributed by atoms with Crippen molar-refractivity contribution in [1.82, 2.24) is 0 Å². The molecule has 5 heavy (non-hydrogen) atoms. The maximum atomic E-state index is 2.00. The van der Waals surface area contributed by atoms with Crippen molar-refractivity contribution in [3.05, 3.63) is 12.0 Å². The predicted octanol–water partition coefficient (Wildman–Crippen LogP) is -0.586. The van der Waals surface area contributed by atoms with Crippen LogP contribution in [0.2, 0.25) is 0 Å². The Morgan fingerprint density at radius 3 is 1.80 bits per heavy atom. The van der Waals surface area contributed by atoms with Gasteiger partial charge < -0.3 is 0 Å². The Morgan fingerprint density at radius 1 is 1.00 bits per heavy atom. The SMILES string of the molecule is [B]1[B]C=C[B]1. The molecule has 0 spiro atoms. The second kappa shape index (κ2) is 1.39. The van der Waals surface area contributed by atoms with Crippen molar-refractivity contribution in [3.63, 3.8) is 0 Å². The zero-order valence-corrected chi connectivity index (χ0v) is 2.89. The topological polar surface area (TPSA) is 0 Å². The van der Waals surface area contributed by atoms with Gasteiger partial charge in [0.15, 0.2) is 0 Å². The summed E-state index contributed by atoms with van der Waals surface area (Å²) in [4.78, 5) is 0. The Hall–Kier alpha value is -0.0652. The summed E-state index contributed by atoms with van der Waals surface area (Å²) in [6, 6.07) is 0. The smallest absolute Gasteiger partial charge is 0.0853 e. The Balaban J connectivity index is 2.32. The molecule has 0 fully saturated rings. The molecular formula is C2H2B3. The lowest BCUT2D eigenvalue weighted by Gasteiger charge is -1.60. The van der Waals surface area contributed by atoms with Crippen LogP contribution in [0.5, 0.6) is 0 Å². The molecule has 0 aromatic heterocycles. The quantitative estimate of drug-likeness (QED) is 0.327. The van der Waals surface area contributed by atoms with E-state index in [2.05, 4.69) is 0 Å². The molecule has 0 aliphatic carbocycles. The van der Waals surface area contributed by atoms with Crippen molar-refractivity contribution in [2.24, 2.45) is 0 Å². The van der Waals surface area contributed by atoms with E-state index in [1.54, 1.807) is 0 Å². The Kier molecular flexibility index (Phi) is 0.873. The lowest BCUT2D eigenvalue weighted by molar-refractivity contribution is 2.50. The molecule has 0 N–H and O–H groups in total. The fourth-order valence-corrected chi connectivity index (χ4v) is 0.321. The van der Waals surface area contributed by atoms with Crippen molar-refractivity contribution < 1.29 is 0 Å². The zero-order chi connectivity index (χ0) is 3.54. The third-order valence-corrected chi connectivity index (χ3v) is 0.556. The molecule has 0 saturated carbocycles. The highest BCUT2D eigenvalue weighted by Crippen LogP contribution is 1.73. The Bertz CT molecular complexity index is 42.9. The highest BCUT2D eigenvalue weighted by molar-refractivity contribution is 7.34. The molecule has 3 heteroatoms. The number of hydrogen-bond acceptors (Lipinski definition) is 0. The summed E-state index contributed by atoms with van der Waals surface area (Å²) in [7, 11) is 6.00. The van der Waals surface area contributed by atoms with Gasteiger partial charge in [0.05, 0.1) is 14.3 Å². The normalized spacial score (nSPS) is 16.0. The van der Waals surface area contributed by atoms with E-state index in [0.717, 1.165) is 0 Å². The largest absolute Gasteiger partial charge is 0.147 e. The van der Waals surface area contributed by atoms with Crippen LogP contribution < -0.4 is 0 Å². The minimum Gasteiger partial charge on any atom is -0.147 e. The highest BCUT2D eigenvalue weighted by Gasteiger charge is 1.90. The van der Waals surface area contributed by atoms with Crippen molar-refractivity contribution in [3.8, 4) is 0 Å². The van der Waals surface area contributed by atoms with Gasteiger partial charge in [0, 0.05) is 7.06 Å². The molecule has 3 radical (unpaired) electrons. The first-order valence-electron chi connectivity index (χ1n) is 1.67. The van der Waals surface area contributed by atoms with Crippen molar-refractivity contribution in [2.45, 2.75) is 0 Å². The van der Waals surface area contributed by atoms with Crippen LogP contribution in [0.15, 0.2) is 12.0 Å². The summed E-state index contributed by atoms with van der Waals surface area (Å²) in [6.07, 6.45) is 0. The van der Waals surface area contributed by atoms with Crippen LogP contribution in [0.1, 0.15) is 0 Å². The first kappa shape index (κ1) is 3.14. The minimum absolute atomic E-state index is 2.00. The Morgan fingerprint density at radius 2 is 1.60 bits per heavy atom. The number of hydrogen-bond donors (Lipinski definition) is 0.